The van der Waals surface area contributed by atoms with Crippen molar-refractivity contribution in [1.29, 1.82) is 0 Å². The van der Waals surface area contributed by atoms with Crippen LogP contribution in [0.2, 0.25) is 0 Å². The van der Waals surface area contributed by atoms with Gasteiger partial charge in [-0.2, -0.15) is 0 Å². The molecule has 0 aromatic carbocycles. The lowest BCUT2D eigenvalue weighted by Crippen LogP contribution is -2.15. The largest absolute Gasteiger partial charge is 0.0848 e. The molecule has 0 heterocycles. The van der Waals surface area contributed by atoms with Crippen LogP contribution in [0.25, 0.3) is 0 Å². The topological polar surface area (TPSA) is 0 Å². The molecule has 2 fully saturated rings. The van der Waals surface area contributed by atoms with E-state index >= 15 is 0 Å². The number of fused-ring (bicyclic) bond motifs is 1. The Balaban J connectivity index is 2.07. The molecular weight excluding hydrogens is 120 g/mol. The lowest BCUT2D eigenvalue weighted by Gasteiger charge is -2.23. The summed E-state index contributed by atoms with van der Waals surface area (Å²) in [5, 5.41) is 0. The van der Waals surface area contributed by atoms with Crippen molar-refractivity contribution in [2.45, 2.75) is 32.1 Å². The van der Waals surface area contributed by atoms with Crippen LogP contribution in [0.15, 0.2) is 12.2 Å². The van der Waals surface area contributed by atoms with Gasteiger partial charge in [-0.15, -0.1) is 0 Å². The summed E-state index contributed by atoms with van der Waals surface area (Å²) in [6.07, 6.45) is 12.6. The van der Waals surface area contributed by atoms with E-state index in [0.717, 1.165) is 17.3 Å². The average molecular weight is 134 g/mol. The van der Waals surface area contributed by atoms with Gasteiger partial charge in [0.1, 0.15) is 0 Å². The van der Waals surface area contributed by atoms with Crippen LogP contribution < -0.4 is 0 Å². The SMILES string of the molecule is C1=CC23CCCC2CC1C3. The van der Waals surface area contributed by atoms with Gasteiger partial charge in [-0.1, -0.05) is 18.6 Å². The van der Waals surface area contributed by atoms with E-state index in [2.05, 4.69) is 12.2 Å². The molecular formula is C10H14. The second-order valence-corrected chi connectivity index (χ2v) is 4.38. The molecule has 0 aromatic heterocycles. The predicted octanol–water partition coefficient (Wildman–Crippen LogP) is 2.75. The molecule has 3 aliphatic carbocycles. The molecule has 2 saturated carbocycles. The van der Waals surface area contributed by atoms with Gasteiger partial charge in [0, 0.05) is 0 Å². The molecule has 3 aliphatic rings. The molecule has 54 valence electrons. The smallest absolute Gasteiger partial charge is 0.00841 e. The van der Waals surface area contributed by atoms with Crippen LogP contribution in [-0.4, -0.2) is 0 Å². The molecule has 0 heteroatoms. The Bertz CT molecular complexity index is 192. The minimum absolute atomic E-state index is 0.741. The molecule has 2 bridgehead atoms. The maximum Gasteiger partial charge on any atom is -0.00841 e. The van der Waals surface area contributed by atoms with Crippen molar-refractivity contribution < 1.29 is 0 Å². The Morgan fingerprint density at radius 1 is 1.40 bits per heavy atom. The summed E-state index contributed by atoms with van der Waals surface area (Å²) in [4.78, 5) is 0. The van der Waals surface area contributed by atoms with E-state index in [0.29, 0.717) is 0 Å². The lowest BCUT2D eigenvalue weighted by molar-refractivity contribution is 0.332. The molecule has 0 saturated heterocycles. The van der Waals surface area contributed by atoms with Gasteiger partial charge in [0.15, 0.2) is 0 Å². The summed E-state index contributed by atoms with van der Waals surface area (Å²) >= 11 is 0. The highest BCUT2D eigenvalue weighted by atomic mass is 14.5. The van der Waals surface area contributed by atoms with Crippen molar-refractivity contribution in [3.05, 3.63) is 12.2 Å². The second kappa shape index (κ2) is 1.49. The summed E-state index contributed by atoms with van der Waals surface area (Å²) in [7, 11) is 0. The third-order valence-corrected chi connectivity index (χ3v) is 3.94. The van der Waals surface area contributed by atoms with E-state index in [9.17, 15) is 0 Å². The molecule has 1 spiro atoms. The van der Waals surface area contributed by atoms with Gasteiger partial charge in [-0.05, 0) is 42.9 Å². The minimum atomic E-state index is 0.741. The van der Waals surface area contributed by atoms with E-state index in [4.69, 9.17) is 0 Å². The van der Waals surface area contributed by atoms with Crippen molar-refractivity contribution in [3.8, 4) is 0 Å². The number of hydrogen-bond acceptors (Lipinski definition) is 0. The van der Waals surface area contributed by atoms with Crippen LogP contribution in [0, 0.1) is 17.3 Å². The lowest BCUT2D eigenvalue weighted by atomic mass is 9.81. The third kappa shape index (κ3) is 0.457. The third-order valence-electron chi connectivity index (χ3n) is 3.94. The molecule has 0 amide bonds. The van der Waals surface area contributed by atoms with E-state index in [1.165, 1.54) is 32.1 Å². The molecule has 3 rings (SSSR count). The standard InChI is InChI=1S/C10H14/c1-2-9-6-8-3-5-10(9,4-1)7-8/h3,5,8-9H,1-2,4,6-7H2. The Labute approximate surface area is 62.3 Å². The molecule has 0 aromatic rings. The fourth-order valence-electron chi connectivity index (χ4n) is 3.49. The molecule has 3 atom stereocenters. The number of allylic oxidation sites excluding steroid dienone is 2. The first-order valence-electron chi connectivity index (χ1n) is 4.58. The molecule has 0 radical (unpaired) electrons. The summed E-state index contributed by atoms with van der Waals surface area (Å²) < 4.78 is 0. The molecule has 3 unspecified atom stereocenters. The van der Waals surface area contributed by atoms with Crippen LogP contribution in [0.3, 0.4) is 0 Å². The summed E-state index contributed by atoms with van der Waals surface area (Å²) in [5.41, 5.74) is 0.741. The maximum absolute atomic E-state index is 2.54. The maximum atomic E-state index is 2.54. The van der Waals surface area contributed by atoms with E-state index in [1.54, 1.807) is 0 Å². The van der Waals surface area contributed by atoms with Crippen LogP contribution in [0.5, 0.6) is 0 Å². The summed E-state index contributed by atoms with van der Waals surface area (Å²) in [5.74, 6) is 2.09. The van der Waals surface area contributed by atoms with Gasteiger partial charge in [-0.3, -0.25) is 0 Å². The zero-order valence-electron chi connectivity index (χ0n) is 6.34. The Hall–Kier alpha value is -0.260. The summed E-state index contributed by atoms with van der Waals surface area (Å²) in [6.45, 7) is 0. The first-order valence-corrected chi connectivity index (χ1v) is 4.58. The average Bonchev–Trinajstić information content (AvgIpc) is 2.48. The quantitative estimate of drug-likeness (QED) is 0.447. The number of rotatable bonds is 0. The van der Waals surface area contributed by atoms with E-state index in [-0.39, 0.29) is 0 Å². The normalized spacial score (nSPS) is 56.0. The summed E-state index contributed by atoms with van der Waals surface area (Å²) in [6, 6.07) is 0. The first kappa shape index (κ1) is 5.40. The van der Waals surface area contributed by atoms with Crippen LogP contribution in [-0.2, 0) is 0 Å². The first-order chi connectivity index (χ1) is 4.89. The second-order valence-electron chi connectivity index (χ2n) is 4.38. The Kier molecular flexibility index (Phi) is 0.805. The van der Waals surface area contributed by atoms with Gasteiger partial charge in [-0.25, -0.2) is 0 Å². The van der Waals surface area contributed by atoms with Gasteiger partial charge < -0.3 is 0 Å². The zero-order chi connectivity index (χ0) is 6.60. The minimum Gasteiger partial charge on any atom is -0.0848 e. The predicted molar refractivity (Wildman–Crippen MR) is 41.6 cm³/mol. The fourth-order valence-corrected chi connectivity index (χ4v) is 3.49. The van der Waals surface area contributed by atoms with Gasteiger partial charge in [0.2, 0.25) is 0 Å². The zero-order valence-corrected chi connectivity index (χ0v) is 6.34. The number of hydrogen-bond donors (Lipinski definition) is 0. The van der Waals surface area contributed by atoms with Gasteiger partial charge in [0.05, 0.1) is 0 Å². The van der Waals surface area contributed by atoms with Crippen molar-refractivity contribution in [2.24, 2.45) is 17.3 Å². The van der Waals surface area contributed by atoms with Gasteiger partial charge >= 0.3 is 0 Å². The monoisotopic (exact) mass is 134 g/mol. The highest BCUT2D eigenvalue weighted by molar-refractivity contribution is 5.20. The fraction of sp³-hybridized carbons (Fsp3) is 0.800. The van der Waals surface area contributed by atoms with Crippen LogP contribution in [0.4, 0.5) is 0 Å². The van der Waals surface area contributed by atoms with Crippen molar-refractivity contribution >= 4 is 0 Å². The molecule has 10 heavy (non-hydrogen) atoms. The Morgan fingerprint density at radius 2 is 2.40 bits per heavy atom. The van der Waals surface area contributed by atoms with Crippen LogP contribution in [0.1, 0.15) is 32.1 Å². The Morgan fingerprint density at radius 3 is 3.20 bits per heavy atom. The van der Waals surface area contributed by atoms with E-state index < -0.39 is 0 Å². The van der Waals surface area contributed by atoms with Gasteiger partial charge in [0.25, 0.3) is 0 Å². The molecule has 0 nitrogen and oxygen atoms in total. The van der Waals surface area contributed by atoms with Crippen molar-refractivity contribution in [3.63, 3.8) is 0 Å². The molecule has 0 N–H and O–H groups in total. The highest BCUT2D eigenvalue weighted by Crippen LogP contribution is 2.61. The van der Waals surface area contributed by atoms with E-state index in [1.807, 2.05) is 0 Å². The van der Waals surface area contributed by atoms with Crippen molar-refractivity contribution in [2.75, 3.05) is 0 Å². The van der Waals surface area contributed by atoms with Crippen LogP contribution >= 0.6 is 0 Å². The van der Waals surface area contributed by atoms with Crippen molar-refractivity contribution in [1.82, 2.24) is 0 Å². The molecule has 0 aliphatic heterocycles. The highest BCUT2D eigenvalue weighted by Gasteiger charge is 2.50.